The molecule has 6 aromatic rings. The molecule has 0 spiro atoms. The molecule has 1 saturated carbocycles. The molecule has 4 heteroatoms. The van der Waals surface area contributed by atoms with Crippen molar-refractivity contribution in [3.8, 4) is 17.1 Å². The molecule has 1 aliphatic rings. The molecule has 0 unspecified atom stereocenters. The molecule has 170 valence electrons. The van der Waals surface area contributed by atoms with Gasteiger partial charge in [0.15, 0.2) is 0 Å². The summed E-state index contributed by atoms with van der Waals surface area (Å²) in [7, 11) is 0. The van der Waals surface area contributed by atoms with Crippen molar-refractivity contribution in [3.63, 3.8) is 0 Å². The van der Waals surface area contributed by atoms with Crippen LogP contribution in [-0.4, -0.2) is 14.5 Å². The van der Waals surface area contributed by atoms with Crippen molar-refractivity contribution in [2.75, 3.05) is 0 Å². The summed E-state index contributed by atoms with van der Waals surface area (Å²) in [4.78, 5) is 9.19. The molecule has 3 aromatic heterocycles. The minimum Gasteiger partial charge on any atom is -0.445 e. The number of hydrogen-bond donors (Lipinski definition) is 0. The van der Waals surface area contributed by atoms with E-state index < -0.39 is 0 Å². The van der Waals surface area contributed by atoms with Crippen LogP contribution in [0.4, 0.5) is 0 Å². The van der Waals surface area contributed by atoms with Crippen LogP contribution in [-0.2, 0) is 5.41 Å². The minimum absolute atomic E-state index is 0.0311. The highest BCUT2D eigenvalue weighted by molar-refractivity contribution is 6.09. The molecular formula is C31H25N3O. The number of nitrogens with zero attached hydrogens (tertiary/aromatic N) is 3. The van der Waals surface area contributed by atoms with E-state index in [-0.39, 0.29) is 5.41 Å². The predicted octanol–water partition coefficient (Wildman–Crippen LogP) is 7.69. The van der Waals surface area contributed by atoms with Gasteiger partial charge in [-0.3, -0.25) is 4.98 Å². The fraction of sp³-hybridized carbons (Fsp3) is 0.161. The number of hydrogen-bond acceptors (Lipinski definition) is 3. The molecule has 0 radical (unpaired) electrons. The van der Waals surface area contributed by atoms with Crippen molar-refractivity contribution in [1.29, 1.82) is 0 Å². The van der Waals surface area contributed by atoms with E-state index in [2.05, 4.69) is 82.3 Å². The van der Waals surface area contributed by atoms with Crippen molar-refractivity contribution >= 4 is 21.8 Å². The van der Waals surface area contributed by atoms with Gasteiger partial charge >= 0.3 is 0 Å². The van der Waals surface area contributed by atoms with Gasteiger partial charge in [-0.05, 0) is 60.9 Å². The normalized spacial score (nSPS) is 15.2. The molecule has 0 N–H and O–H groups in total. The third-order valence-electron chi connectivity index (χ3n) is 7.62. The first kappa shape index (κ1) is 20.2. The highest BCUT2D eigenvalue weighted by atomic mass is 16.3. The molecule has 1 aliphatic carbocycles. The standard InChI is InChI=1S/C31H25N3O/c1-2-11-27-25(10-1)26-14-13-23(31(15-4-5-16-31)29-12-3-6-17-32-29)21-28(26)34(27)24-9-7-8-22(20-24)30-33-18-19-35-30/h1-3,6-14,17-21H,4-5,15-16H2. The van der Waals surface area contributed by atoms with Gasteiger partial charge in [0.2, 0.25) is 5.89 Å². The summed E-state index contributed by atoms with van der Waals surface area (Å²) in [5.74, 6) is 0.633. The van der Waals surface area contributed by atoms with E-state index in [0.717, 1.165) is 24.1 Å². The van der Waals surface area contributed by atoms with Gasteiger partial charge in [-0.15, -0.1) is 0 Å². The van der Waals surface area contributed by atoms with Crippen LogP contribution in [0.1, 0.15) is 36.9 Å². The molecule has 35 heavy (non-hydrogen) atoms. The Morgan fingerprint density at radius 1 is 0.714 bits per heavy atom. The molecule has 3 heterocycles. The third-order valence-corrected chi connectivity index (χ3v) is 7.62. The van der Waals surface area contributed by atoms with Crippen molar-refractivity contribution in [2.45, 2.75) is 31.1 Å². The Kier molecular flexibility index (Phi) is 4.59. The van der Waals surface area contributed by atoms with E-state index in [1.165, 1.54) is 45.9 Å². The van der Waals surface area contributed by atoms with Gasteiger partial charge in [-0.2, -0.15) is 0 Å². The van der Waals surface area contributed by atoms with Gasteiger partial charge in [-0.25, -0.2) is 4.98 Å². The highest BCUT2D eigenvalue weighted by Crippen LogP contribution is 2.47. The third kappa shape index (κ3) is 3.13. The molecular weight excluding hydrogens is 430 g/mol. The smallest absolute Gasteiger partial charge is 0.225 e. The number of fused-ring (bicyclic) bond motifs is 3. The summed E-state index contributed by atoms with van der Waals surface area (Å²) in [5.41, 5.74) is 6.99. The summed E-state index contributed by atoms with van der Waals surface area (Å²) in [6.45, 7) is 0. The summed E-state index contributed by atoms with van der Waals surface area (Å²) >= 11 is 0. The lowest BCUT2D eigenvalue weighted by Gasteiger charge is -2.29. The number of aromatic nitrogens is 3. The van der Waals surface area contributed by atoms with E-state index in [4.69, 9.17) is 9.40 Å². The summed E-state index contributed by atoms with van der Waals surface area (Å²) in [6.07, 6.45) is 9.97. The second-order valence-electron chi connectivity index (χ2n) is 9.48. The fourth-order valence-electron chi connectivity index (χ4n) is 6.01. The zero-order valence-corrected chi connectivity index (χ0v) is 19.4. The lowest BCUT2D eigenvalue weighted by molar-refractivity contribution is 0.519. The second kappa shape index (κ2) is 7.95. The Hall–Kier alpha value is -4.18. The monoisotopic (exact) mass is 455 g/mol. The van der Waals surface area contributed by atoms with Crippen LogP contribution in [0.15, 0.2) is 108 Å². The molecule has 0 atom stereocenters. The molecule has 0 bridgehead atoms. The molecule has 0 saturated heterocycles. The molecule has 1 fully saturated rings. The number of oxazole rings is 1. The number of pyridine rings is 1. The van der Waals surface area contributed by atoms with Crippen LogP contribution in [0.5, 0.6) is 0 Å². The van der Waals surface area contributed by atoms with Crippen LogP contribution in [0, 0.1) is 0 Å². The van der Waals surface area contributed by atoms with E-state index in [0.29, 0.717) is 5.89 Å². The van der Waals surface area contributed by atoms with E-state index >= 15 is 0 Å². The van der Waals surface area contributed by atoms with Gasteiger partial charge in [-0.1, -0.05) is 55.3 Å². The molecule has 4 nitrogen and oxygen atoms in total. The number of rotatable bonds is 4. The second-order valence-corrected chi connectivity index (χ2v) is 9.48. The van der Waals surface area contributed by atoms with Crippen molar-refractivity contribution in [2.24, 2.45) is 0 Å². The van der Waals surface area contributed by atoms with Crippen LogP contribution in [0.3, 0.4) is 0 Å². The van der Waals surface area contributed by atoms with Crippen LogP contribution in [0.2, 0.25) is 0 Å². The van der Waals surface area contributed by atoms with E-state index in [9.17, 15) is 0 Å². The average Bonchev–Trinajstić information content (AvgIpc) is 3.69. The van der Waals surface area contributed by atoms with Crippen molar-refractivity contribution < 1.29 is 4.42 Å². The van der Waals surface area contributed by atoms with Gasteiger partial charge in [0.25, 0.3) is 0 Å². The zero-order chi connectivity index (χ0) is 23.2. The Morgan fingerprint density at radius 2 is 1.57 bits per heavy atom. The van der Waals surface area contributed by atoms with E-state index in [1.807, 2.05) is 18.3 Å². The lowest BCUT2D eigenvalue weighted by Crippen LogP contribution is -2.25. The summed E-state index contributed by atoms with van der Waals surface area (Å²) in [5, 5.41) is 2.52. The van der Waals surface area contributed by atoms with E-state index in [1.54, 1.807) is 12.5 Å². The van der Waals surface area contributed by atoms with Crippen LogP contribution >= 0.6 is 0 Å². The molecule has 0 aliphatic heterocycles. The summed E-state index contributed by atoms with van der Waals surface area (Å²) < 4.78 is 7.97. The van der Waals surface area contributed by atoms with Crippen molar-refractivity contribution in [3.05, 3.63) is 115 Å². The van der Waals surface area contributed by atoms with Gasteiger partial charge in [0, 0.05) is 33.6 Å². The maximum Gasteiger partial charge on any atom is 0.225 e. The molecule has 3 aromatic carbocycles. The average molecular weight is 456 g/mol. The maximum atomic E-state index is 5.59. The first-order chi connectivity index (χ1) is 17.3. The van der Waals surface area contributed by atoms with Crippen LogP contribution in [0.25, 0.3) is 38.9 Å². The van der Waals surface area contributed by atoms with Gasteiger partial charge in [0.05, 0.1) is 22.9 Å². The lowest BCUT2D eigenvalue weighted by atomic mass is 9.75. The summed E-state index contributed by atoms with van der Waals surface area (Å²) in [6, 6.07) is 30.5. The Bertz CT molecular complexity index is 1640. The quantitative estimate of drug-likeness (QED) is 0.274. The topological polar surface area (TPSA) is 43.9 Å². The largest absolute Gasteiger partial charge is 0.445 e. The fourth-order valence-corrected chi connectivity index (χ4v) is 6.01. The van der Waals surface area contributed by atoms with Gasteiger partial charge in [0.1, 0.15) is 6.26 Å². The molecule has 0 amide bonds. The highest BCUT2D eigenvalue weighted by Gasteiger charge is 2.38. The van der Waals surface area contributed by atoms with Gasteiger partial charge < -0.3 is 8.98 Å². The van der Waals surface area contributed by atoms with Crippen molar-refractivity contribution in [1.82, 2.24) is 14.5 Å². The number of benzene rings is 3. The van der Waals surface area contributed by atoms with Crippen LogP contribution < -0.4 is 0 Å². The minimum atomic E-state index is -0.0311. The first-order valence-corrected chi connectivity index (χ1v) is 12.3. The Labute approximate surface area is 203 Å². The molecule has 7 rings (SSSR count). The first-order valence-electron chi connectivity index (χ1n) is 12.3. The number of para-hydroxylation sites is 1. The maximum absolute atomic E-state index is 5.59. The SMILES string of the molecule is c1ccc(C2(c3ccc4c5ccccc5n(-c5cccc(-c6ncco6)c5)c4c3)CCCC2)nc1. The predicted molar refractivity (Wildman–Crippen MR) is 140 cm³/mol. The Morgan fingerprint density at radius 3 is 2.40 bits per heavy atom. The zero-order valence-electron chi connectivity index (χ0n) is 19.4. The Balaban J connectivity index is 1.49.